The zero-order valence-corrected chi connectivity index (χ0v) is 17.3. The van der Waals surface area contributed by atoms with E-state index in [0.29, 0.717) is 51.8 Å². The fourth-order valence-electron chi connectivity index (χ4n) is 3.41. The average molecular weight is 419 g/mol. The van der Waals surface area contributed by atoms with Gasteiger partial charge in [-0.25, -0.2) is 9.78 Å². The van der Waals surface area contributed by atoms with Crippen molar-refractivity contribution >= 4 is 17.0 Å². The molecule has 4 rings (SSSR count). The van der Waals surface area contributed by atoms with Crippen molar-refractivity contribution in [1.29, 1.82) is 0 Å². The first kappa shape index (κ1) is 20.2. The molecular formula is C23H21N3O5. The number of nitrogens with zero attached hydrogens (tertiary/aromatic N) is 2. The number of carbonyl (C=O) groups is 1. The maximum Gasteiger partial charge on any atom is 0.336 e. The number of carboxylic acids is 1. The molecule has 0 unspecified atom stereocenters. The molecule has 8 heteroatoms. The van der Waals surface area contributed by atoms with E-state index in [1.54, 1.807) is 44.6 Å². The standard InChI is InChI=1S/C23H21N3O5/c1-4-31-18-10-7-14(11-19(18)30-3)17-12-16(23(27)28)20-21(25-26-22(20)24-17)13-5-8-15(29-2)9-6-13/h5-12H,4H2,1-3H3,(H,27,28)(H,24,25,26). The van der Waals surface area contributed by atoms with Gasteiger partial charge >= 0.3 is 5.97 Å². The van der Waals surface area contributed by atoms with Crippen molar-refractivity contribution in [2.45, 2.75) is 6.92 Å². The van der Waals surface area contributed by atoms with Gasteiger partial charge in [-0.05, 0) is 55.5 Å². The summed E-state index contributed by atoms with van der Waals surface area (Å²) >= 11 is 0. The molecular weight excluding hydrogens is 398 g/mol. The number of carboxylic acid groups (broad SMARTS) is 1. The predicted octanol–water partition coefficient (Wildman–Crippen LogP) is 4.41. The Balaban J connectivity index is 1.86. The number of aromatic carboxylic acids is 1. The molecule has 0 saturated carbocycles. The van der Waals surface area contributed by atoms with E-state index in [-0.39, 0.29) is 5.56 Å². The minimum absolute atomic E-state index is 0.104. The molecule has 2 aromatic heterocycles. The summed E-state index contributed by atoms with van der Waals surface area (Å²) in [6, 6.07) is 14.2. The Bertz CT molecular complexity index is 1250. The normalized spacial score (nSPS) is 10.8. The van der Waals surface area contributed by atoms with E-state index in [1.807, 2.05) is 25.1 Å². The van der Waals surface area contributed by atoms with Gasteiger partial charge < -0.3 is 19.3 Å². The summed E-state index contributed by atoms with van der Waals surface area (Å²) in [4.78, 5) is 16.7. The second-order valence-corrected chi connectivity index (χ2v) is 6.68. The van der Waals surface area contributed by atoms with Crippen LogP contribution in [0.2, 0.25) is 0 Å². The van der Waals surface area contributed by atoms with Crippen LogP contribution in [0.1, 0.15) is 17.3 Å². The quantitative estimate of drug-likeness (QED) is 0.457. The van der Waals surface area contributed by atoms with Crippen LogP contribution >= 0.6 is 0 Å². The third-order valence-corrected chi connectivity index (χ3v) is 4.89. The van der Waals surface area contributed by atoms with Gasteiger partial charge in [0, 0.05) is 11.1 Å². The number of aromatic amines is 1. The van der Waals surface area contributed by atoms with Gasteiger partial charge in [0.1, 0.15) is 5.75 Å². The van der Waals surface area contributed by atoms with E-state index in [1.165, 1.54) is 0 Å². The molecule has 4 aromatic rings. The number of pyridine rings is 1. The highest BCUT2D eigenvalue weighted by atomic mass is 16.5. The lowest BCUT2D eigenvalue weighted by molar-refractivity contribution is 0.0699. The number of nitrogens with one attached hydrogen (secondary N) is 1. The van der Waals surface area contributed by atoms with Crippen LogP contribution < -0.4 is 14.2 Å². The van der Waals surface area contributed by atoms with E-state index in [0.717, 1.165) is 5.56 Å². The third-order valence-electron chi connectivity index (χ3n) is 4.89. The Morgan fingerprint density at radius 2 is 1.74 bits per heavy atom. The van der Waals surface area contributed by atoms with Crippen LogP contribution in [0.5, 0.6) is 17.2 Å². The van der Waals surface area contributed by atoms with Crippen molar-refractivity contribution in [2.75, 3.05) is 20.8 Å². The maximum atomic E-state index is 12.1. The summed E-state index contributed by atoms with van der Waals surface area (Å²) in [5, 5.41) is 17.5. The van der Waals surface area contributed by atoms with E-state index >= 15 is 0 Å². The lowest BCUT2D eigenvalue weighted by Crippen LogP contribution is -2.01. The molecule has 0 aliphatic heterocycles. The summed E-state index contributed by atoms with van der Waals surface area (Å²) in [5.41, 5.74) is 2.94. The number of hydrogen-bond acceptors (Lipinski definition) is 6. The Morgan fingerprint density at radius 3 is 2.39 bits per heavy atom. The minimum Gasteiger partial charge on any atom is -0.497 e. The van der Waals surface area contributed by atoms with Gasteiger partial charge in [-0.1, -0.05) is 0 Å². The van der Waals surface area contributed by atoms with Crippen molar-refractivity contribution < 1.29 is 24.1 Å². The molecule has 0 bridgehead atoms. The molecule has 0 fully saturated rings. The maximum absolute atomic E-state index is 12.1. The fourth-order valence-corrected chi connectivity index (χ4v) is 3.41. The van der Waals surface area contributed by atoms with Crippen molar-refractivity contribution in [3.63, 3.8) is 0 Å². The van der Waals surface area contributed by atoms with Crippen LogP contribution in [-0.2, 0) is 0 Å². The number of fused-ring (bicyclic) bond motifs is 1. The second kappa shape index (κ2) is 8.35. The minimum atomic E-state index is -1.07. The van der Waals surface area contributed by atoms with E-state index in [4.69, 9.17) is 14.2 Å². The van der Waals surface area contributed by atoms with Gasteiger partial charge in [-0.2, -0.15) is 5.10 Å². The zero-order chi connectivity index (χ0) is 22.0. The van der Waals surface area contributed by atoms with Gasteiger partial charge in [0.15, 0.2) is 17.1 Å². The zero-order valence-electron chi connectivity index (χ0n) is 17.3. The number of H-pyrrole nitrogens is 1. The Kier molecular flexibility index (Phi) is 5.44. The SMILES string of the molecule is CCOc1ccc(-c2cc(C(=O)O)c3c(-c4ccc(OC)cc4)[nH]nc3n2)cc1OC. The van der Waals surface area contributed by atoms with Gasteiger partial charge in [-0.15, -0.1) is 0 Å². The molecule has 8 nitrogen and oxygen atoms in total. The smallest absolute Gasteiger partial charge is 0.336 e. The number of methoxy groups -OCH3 is 2. The van der Waals surface area contributed by atoms with Crippen LogP contribution in [0.4, 0.5) is 0 Å². The fraction of sp³-hybridized carbons (Fsp3) is 0.174. The highest BCUT2D eigenvalue weighted by Gasteiger charge is 2.20. The summed E-state index contributed by atoms with van der Waals surface area (Å²) in [7, 11) is 3.14. The van der Waals surface area contributed by atoms with Gasteiger partial charge in [-0.3, -0.25) is 5.10 Å². The summed E-state index contributed by atoms with van der Waals surface area (Å²) in [6.07, 6.45) is 0. The molecule has 0 spiro atoms. The third kappa shape index (κ3) is 3.75. The molecule has 0 atom stereocenters. The number of hydrogen-bond donors (Lipinski definition) is 2. The van der Waals surface area contributed by atoms with Crippen LogP contribution in [0, 0.1) is 0 Å². The van der Waals surface area contributed by atoms with Crippen LogP contribution in [0.25, 0.3) is 33.5 Å². The van der Waals surface area contributed by atoms with E-state index in [2.05, 4.69) is 15.2 Å². The Labute approximate surface area is 178 Å². The summed E-state index contributed by atoms with van der Waals surface area (Å²) < 4.78 is 16.2. The van der Waals surface area contributed by atoms with Crippen LogP contribution in [0.15, 0.2) is 48.5 Å². The van der Waals surface area contributed by atoms with Crippen LogP contribution in [-0.4, -0.2) is 47.1 Å². The summed E-state index contributed by atoms with van der Waals surface area (Å²) in [6.45, 7) is 2.39. The predicted molar refractivity (Wildman–Crippen MR) is 116 cm³/mol. The van der Waals surface area contributed by atoms with E-state index < -0.39 is 5.97 Å². The van der Waals surface area contributed by atoms with Crippen molar-refractivity contribution in [3.05, 3.63) is 54.1 Å². The number of ether oxygens (including phenoxy) is 3. The highest BCUT2D eigenvalue weighted by molar-refractivity contribution is 6.08. The first-order chi connectivity index (χ1) is 15.0. The number of aromatic nitrogens is 3. The average Bonchev–Trinajstić information content (AvgIpc) is 3.23. The summed E-state index contributed by atoms with van der Waals surface area (Å²) in [5.74, 6) is 0.785. The molecule has 0 radical (unpaired) electrons. The molecule has 0 aliphatic rings. The topological polar surface area (TPSA) is 107 Å². The Hall–Kier alpha value is -4.07. The monoisotopic (exact) mass is 419 g/mol. The van der Waals surface area contributed by atoms with Crippen LogP contribution in [0.3, 0.4) is 0 Å². The molecule has 31 heavy (non-hydrogen) atoms. The molecule has 0 aliphatic carbocycles. The molecule has 0 saturated heterocycles. The molecule has 2 heterocycles. The van der Waals surface area contributed by atoms with Crippen molar-refractivity contribution in [3.8, 4) is 39.8 Å². The Morgan fingerprint density at radius 1 is 1.00 bits per heavy atom. The number of benzene rings is 2. The molecule has 2 N–H and O–H groups in total. The van der Waals surface area contributed by atoms with Gasteiger partial charge in [0.25, 0.3) is 0 Å². The highest BCUT2D eigenvalue weighted by Crippen LogP contribution is 2.35. The lowest BCUT2D eigenvalue weighted by Gasteiger charge is -2.11. The molecule has 0 amide bonds. The van der Waals surface area contributed by atoms with Gasteiger partial charge in [0.05, 0.1) is 43.2 Å². The van der Waals surface area contributed by atoms with Crippen molar-refractivity contribution in [2.24, 2.45) is 0 Å². The van der Waals surface area contributed by atoms with Gasteiger partial charge in [0.2, 0.25) is 0 Å². The molecule has 2 aromatic carbocycles. The van der Waals surface area contributed by atoms with Crippen molar-refractivity contribution in [1.82, 2.24) is 15.2 Å². The first-order valence-corrected chi connectivity index (χ1v) is 9.63. The second-order valence-electron chi connectivity index (χ2n) is 6.68. The number of rotatable bonds is 7. The largest absolute Gasteiger partial charge is 0.497 e. The molecule has 158 valence electrons. The first-order valence-electron chi connectivity index (χ1n) is 9.63. The van der Waals surface area contributed by atoms with E-state index in [9.17, 15) is 9.90 Å². The lowest BCUT2D eigenvalue weighted by atomic mass is 10.0.